The van der Waals surface area contributed by atoms with Crippen LogP contribution >= 0.6 is 0 Å². The van der Waals surface area contributed by atoms with Crippen molar-refractivity contribution >= 4 is 3.81 Å². The van der Waals surface area contributed by atoms with Gasteiger partial charge in [-0.2, -0.15) is 0 Å². The summed E-state index contributed by atoms with van der Waals surface area (Å²) in [6, 6.07) is 20.9. The van der Waals surface area contributed by atoms with Crippen molar-refractivity contribution in [2.75, 3.05) is 0 Å². The SMILES string of the molecule is [Ti+]=[C](c1ccccc1)c1ccccc1. The van der Waals surface area contributed by atoms with E-state index >= 15 is 0 Å². The molecule has 1 heteroatoms. The first-order chi connectivity index (χ1) is 6.88. The zero-order chi connectivity index (χ0) is 9.80. The minimum atomic E-state index is 1.29. The van der Waals surface area contributed by atoms with Crippen LogP contribution in [0.5, 0.6) is 0 Å². The Hall–Kier alpha value is -0.976. The molecular weight excluding hydrogens is 204 g/mol. The molecule has 65 valence electrons. The second-order valence-electron chi connectivity index (χ2n) is 3.11. The summed E-state index contributed by atoms with van der Waals surface area (Å²) in [7, 11) is 0. The van der Waals surface area contributed by atoms with Crippen molar-refractivity contribution in [1.29, 1.82) is 0 Å². The second kappa shape index (κ2) is 4.50. The molecule has 0 aliphatic rings. The summed E-state index contributed by atoms with van der Waals surface area (Å²) in [5.41, 5.74) is 2.58. The van der Waals surface area contributed by atoms with Crippen molar-refractivity contribution in [2.45, 2.75) is 0 Å². The van der Waals surface area contributed by atoms with Gasteiger partial charge in [0.05, 0.1) is 0 Å². The second-order valence-corrected chi connectivity index (χ2v) is 3.89. The standard InChI is InChI=1S/C13H10.Ti/c1-3-7-12(8-4-1)11-13-9-5-2-6-10-13;/h1-10H;/q;+1. The van der Waals surface area contributed by atoms with Gasteiger partial charge < -0.3 is 0 Å². The zero-order valence-electron chi connectivity index (χ0n) is 7.77. The molecule has 0 N–H and O–H groups in total. The van der Waals surface area contributed by atoms with Gasteiger partial charge in [-0.25, -0.2) is 0 Å². The molecule has 0 fully saturated rings. The van der Waals surface area contributed by atoms with E-state index in [-0.39, 0.29) is 0 Å². The van der Waals surface area contributed by atoms with Crippen LogP contribution in [-0.4, -0.2) is 3.81 Å². The van der Waals surface area contributed by atoms with Crippen molar-refractivity contribution in [2.24, 2.45) is 0 Å². The molecule has 0 aliphatic carbocycles. The molecule has 0 aliphatic heterocycles. The third-order valence-electron chi connectivity index (χ3n) is 2.12. The quantitative estimate of drug-likeness (QED) is 0.674. The summed E-state index contributed by atoms with van der Waals surface area (Å²) in [5.74, 6) is 0. The third kappa shape index (κ3) is 2.09. The van der Waals surface area contributed by atoms with Gasteiger partial charge in [0.25, 0.3) is 0 Å². The summed E-state index contributed by atoms with van der Waals surface area (Å²) in [6.07, 6.45) is 0. The summed E-state index contributed by atoms with van der Waals surface area (Å²) in [4.78, 5) is 0. The molecule has 14 heavy (non-hydrogen) atoms. The van der Waals surface area contributed by atoms with E-state index in [0.29, 0.717) is 0 Å². The predicted octanol–water partition coefficient (Wildman–Crippen LogP) is 2.80. The van der Waals surface area contributed by atoms with Gasteiger partial charge in [-0.15, -0.1) is 0 Å². The first kappa shape index (κ1) is 9.57. The van der Waals surface area contributed by atoms with Gasteiger partial charge in [-0.3, -0.25) is 0 Å². The Balaban J connectivity index is 2.35. The fourth-order valence-corrected chi connectivity index (χ4v) is 1.90. The molecule has 0 saturated heterocycles. The van der Waals surface area contributed by atoms with Gasteiger partial charge in [0.15, 0.2) is 0 Å². The summed E-state index contributed by atoms with van der Waals surface area (Å²) >= 11 is 2.16. The molecule has 0 amide bonds. The van der Waals surface area contributed by atoms with E-state index in [1.807, 2.05) is 12.1 Å². The van der Waals surface area contributed by atoms with Crippen LogP contribution in [0.1, 0.15) is 11.1 Å². The van der Waals surface area contributed by atoms with Crippen molar-refractivity contribution in [1.82, 2.24) is 0 Å². The van der Waals surface area contributed by atoms with Crippen LogP contribution in [0.3, 0.4) is 0 Å². The number of hydrogen-bond acceptors (Lipinski definition) is 0. The van der Waals surface area contributed by atoms with Crippen molar-refractivity contribution < 1.29 is 20.0 Å². The van der Waals surface area contributed by atoms with Crippen molar-refractivity contribution in [3.05, 3.63) is 71.8 Å². The molecule has 0 nitrogen and oxygen atoms in total. The molecular formula is C13H10Ti+. The van der Waals surface area contributed by atoms with Gasteiger partial charge in [0.1, 0.15) is 0 Å². The van der Waals surface area contributed by atoms with Crippen LogP contribution in [0.4, 0.5) is 0 Å². The van der Waals surface area contributed by atoms with Crippen LogP contribution < -0.4 is 0 Å². The molecule has 0 atom stereocenters. The predicted molar refractivity (Wildman–Crippen MR) is 56.1 cm³/mol. The molecule has 0 radical (unpaired) electrons. The van der Waals surface area contributed by atoms with Crippen LogP contribution in [0.15, 0.2) is 60.7 Å². The van der Waals surface area contributed by atoms with Crippen molar-refractivity contribution in [3.63, 3.8) is 0 Å². The summed E-state index contributed by atoms with van der Waals surface area (Å²) in [5, 5.41) is 0. The Morgan fingerprint density at radius 1 is 0.643 bits per heavy atom. The van der Waals surface area contributed by atoms with Gasteiger partial charge in [-0.05, 0) is 0 Å². The van der Waals surface area contributed by atoms with E-state index in [2.05, 4.69) is 68.5 Å². The normalized spacial score (nSPS) is 9.86. The maximum absolute atomic E-state index is 2.16. The average Bonchev–Trinajstić information content (AvgIpc) is 2.30. The van der Waals surface area contributed by atoms with Crippen molar-refractivity contribution in [3.8, 4) is 0 Å². The monoisotopic (exact) mass is 214 g/mol. The summed E-state index contributed by atoms with van der Waals surface area (Å²) < 4.78 is 1.33. The fraction of sp³-hybridized carbons (Fsp3) is 0. The third-order valence-corrected chi connectivity index (χ3v) is 3.03. The zero-order valence-corrected chi connectivity index (χ0v) is 9.34. The molecule has 0 spiro atoms. The van der Waals surface area contributed by atoms with E-state index in [4.69, 9.17) is 0 Å². The molecule has 0 aromatic heterocycles. The maximum atomic E-state index is 2.16. The van der Waals surface area contributed by atoms with E-state index in [0.717, 1.165) is 0 Å². The molecule has 2 aromatic rings. The topological polar surface area (TPSA) is 0 Å². The first-order valence-electron chi connectivity index (χ1n) is 4.57. The van der Waals surface area contributed by atoms with Crippen LogP contribution in [0.25, 0.3) is 0 Å². The number of benzene rings is 2. The van der Waals surface area contributed by atoms with E-state index in [9.17, 15) is 0 Å². The van der Waals surface area contributed by atoms with Crippen LogP contribution in [0, 0.1) is 0 Å². The Morgan fingerprint density at radius 3 is 1.36 bits per heavy atom. The molecule has 0 saturated carbocycles. The molecule has 2 aromatic carbocycles. The molecule has 2 rings (SSSR count). The Bertz CT molecular complexity index is 376. The van der Waals surface area contributed by atoms with Gasteiger partial charge in [0, 0.05) is 0 Å². The van der Waals surface area contributed by atoms with Crippen LogP contribution in [-0.2, 0) is 20.0 Å². The minimum absolute atomic E-state index is 1.29. The number of rotatable bonds is 2. The molecule has 0 bridgehead atoms. The van der Waals surface area contributed by atoms with Gasteiger partial charge >= 0.3 is 95.6 Å². The average molecular weight is 214 g/mol. The Morgan fingerprint density at radius 2 is 1.00 bits per heavy atom. The molecule has 0 heterocycles. The number of hydrogen-bond donors (Lipinski definition) is 0. The Kier molecular flexibility index (Phi) is 3.08. The Labute approximate surface area is 95.5 Å². The fourth-order valence-electron chi connectivity index (χ4n) is 1.38. The van der Waals surface area contributed by atoms with Crippen LogP contribution in [0.2, 0.25) is 0 Å². The van der Waals surface area contributed by atoms with E-state index < -0.39 is 0 Å². The van der Waals surface area contributed by atoms with E-state index in [1.165, 1.54) is 14.9 Å². The molecule has 0 unspecified atom stereocenters. The van der Waals surface area contributed by atoms with Gasteiger partial charge in [-0.1, -0.05) is 0 Å². The van der Waals surface area contributed by atoms with Gasteiger partial charge in [0.2, 0.25) is 0 Å². The van der Waals surface area contributed by atoms with E-state index in [1.54, 1.807) is 0 Å². The first-order valence-corrected chi connectivity index (χ1v) is 5.35. The summed E-state index contributed by atoms with van der Waals surface area (Å²) in [6.45, 7) is 0.